The Balaban J connectivity index is 4.86. The first-order chi connectivity index (χ1) is 6.58. The lowest BCUT2D eigenvalue weighted by molar-refractivity contribution is -0.161. The largest absolute Gasteiger partial charge is 0.373 e. The molecule has 4 nitrogen and oxygen atoms in total. The van der Waals surface area contributed by atoms with E-state index in [2.05, 4.69) is 4.84 Å². The zero-order valence-electron chi connectivity index (χ0n) is 9.13. The lowest BCUT2D eigenvalue weighted by Crippen LogP contribution is -2.40. The molecule has 0 radical (unpaired) electrons. The van der Waals surface area contributed by atoms with Crippen LogP contribution < -0.4 is 5.90 Å². The number of carbonyl (C=O) groups excluding carboxylic acids is 2. The monoisotopic (exact) mass is 201 g/mol. The minimum absolute atomic E-state index is 0.0690. The summed E-state index contributed by atoms with van der Waals surface area (Å²) in [5, 5.41) is 0. The first-order valence-electron chi connectivity index (χ1n) is 5.03. The second-order valence-corrected chi connectivity index (χ2v) is 3.37. The third kappa shape index (κ3) is 2.32. The van der Waals surface area contributed by atoms with Gasteiger partial charge in [0.05, 0.1) is 0 Å². The van der Waals surface area contributed by atoms with Gasteiger partial charge in [0.15, 0.2) is 0 Å². The van der Waals surface area contributed by atoms with Gasteiger partial charge < -0.3 is 4.84 Å². The highest BCUT2D eigenvalue weighted by Gasteiger charge is 2.42. The summed E-state index contributed by atoms with van der Waals surface area (Å²) in [6.07, 6.45) is 2.02. The van der Waals surface area contributed by atoms with E-state index < -0.39 is 11.4 Å². The second-order valence-electron chi connectivity index (χ2n) is 3.37. The van der Waals surface area contributed by atoms with E-state index in [0.717, 1.165) is 6.42 Å². The van der Waals surface area contributed by atoms with Crippen LogP contribution in [0.15, 0.2) is 0 Å². The van der Waals surface area contributed by atoms with Crippen molar-refractivity contribution in [2.45, 2.75) is 46.5 Å². The van der Waals surface area contributed by atoms with Gasteiger partial charge in [0.1, 0.15) is 11.2 Å². The highest BCUT2D eigenvalue weighted by Crippen LogP contribution is 2.30. The van der Waals surface area contributed by atoms with Crippen LogP contribution in [-0.4, -0.2) is 11.8 Å². The molecule has 0 aliphatic carbocycles. The Hall–Kier alpha value is -0.900. The van der Waals surface area contributed by atoms with Gasteiger partial charge >= 0.3 is 5.97 Å². The van der Waals surface area contributed by atoms with E-state index in [4.69, 9.17) is 5.90 Å². The van der Waals surface area contributed by atoms with E-state index in [-0.39, 0.29) is 5.78 Å². The summed E-state index contributed by atoms with van der Waals surface area (Å²) in [5.41, 5.74) is -1.02. The highest BCUT2D eigenvalue weighted by atomic mass is 16.7. The number of hydrogen-bond acceptors (Lipinski definition) is 4. The molecule has 0 heterocycles. The molecule has 0 aliphatic heterocycles. The van der Waals surface area contributed by atoms with Gasteiger partial charge in [-0.1, -0.05) is 20.8 Å². The molecule has 0 aromatic rings. The van der Waals surface area contributed by atoms with Crippen molar-refractivity contribution >= 4 is 11.8 Å². The molecule has 0 spiro atoms. The van der Waals surface area contributed by atoms with Crippen molar-refractivity contribution in [3.05, 3.63) is 0 Å². The highest BCUT2D eigenvalue weighted by molar-refractivity contribution is 6.03. The standard InChI is InChI=1S/C10H19NO3/c1-4-7-8(12)10(5-2,6-3)9(13)14-11/h4-7,11H2,1-3H3. The molecule has 0 amide bonds. The molecule has 82 valence electrons. The van der Waals surface area contributed by atoms with Crippen molar-refractivity contribution in [3.8, 4) is 0 Å². The molecular formula is C10H19NO3. The maximum Gasteiger partial charge on any atom is 0.338 e. The van der Waals surface area contributed by atoms with E-state index in [0.29, 0.717) is 19.3 Å². The van der Waals surface area contributed by atoms with Crippen LogP contribution in [0.1, 0.15) is 46.5 Å². The summed E-state index contributed by atoms with van der Waals surface area (Å²) >= 11 is 0. The predicted molar refractivity (Wildman–Crippen MR) is 53.2 cm³/mol. The van der Waals surface area contributed by atoms with Crippen LogP contribution in [0.4, 0.5) is 0 Å². The van der Waals surface area contributed by atoms with Crippen molar-refractivity contribution in [2.24, 2.45) is 11.3 Å². The predicted octanol–water partition coefficient (Wildman–Crippen LogP) is 1.58. The number of hydrogen-bond donors (Lipinski definition) is 1. The molecule has 0 fully saturated rings. The third-order valence-corrected chi connectivity index (χ3v) is 2.72. The molecule has 0 aliphatic rings. The number of rotatable bonds is 6. The zero-order chi connectivity index (χ0) is 11.2. The van der Waals surface area contributed by atoms with Crippen LogP contribution in [0.25, 0.3) is 0 Å². The lowest BCUT2D eigenvalue weighted by Gasteiger charge is -2.26. The quantitative estimate of drug-likeness (QED) is 0.523. The average molecular weight is 201 g/mol. The van der Waals surface area contributed by atoms with Gasteiger partial charge in [-0.25, -0.2) is 4.79 Å². The molecule has 0 bridgehead atoms. The minimum atomic E-state index is -1.02. The van der Waals surface area contributed by atoms with Gasteiger partial charge in [0.25, 0.3) is 0 Å². The molecule has 2 N–H and O–H groups in total. The maximum absolute atomic E-state index is 11.8. The SMILES string of the molecule is CCCC(=O)C(CC)(CC)C(=O)ON. The van der Waals surface area contributed by atoms with Crippen LogP contribution in [0, 0.1) is 5.41 Å². The topological polar surface area (TPSA) is 69.4 Å². The van der Waals surface area contributed by atoms with E-state index >= 15 is 0 Å². The average Bonchev–Trinajstić information content (AvgIpc) is 2.20. The van der Waals surface area contributed by atoms with Crippen LogP contribution in [0.3, 0.4) is 0 Å². The lowest BCUT2D eigenvalue weighted by atomic mass is 9.77. The van der Waals surface area contributed by atoms with Crippen molar-refractivity contribution < 1.29 is 14.4 Å². The van der Waals surface area contributed by atoms with Crippen molar-refractivity contribution in [1.29, 1.82) is 0 Å². The summed E-state index contributed by atoms with van der Waals surface area (Å²) in [6.45, 7) is 5.50. The molecule has 0 atom stereocenters. The fourth-order valence-corrected chi connectivity index (χ4v) is 1.63. The van der Waals surface area contributed by atoms with E-state index in [9.17, 15) is 9.59 Å². The van der Waals surface area contributed by atoms with E-state index in [1.54, 1.807) is 13.8 Å². The molecule has 4 heteroatoms. The van der Waals surface area contributed by atoms with Crippen LogP contribution in [0.5, 0.6) is 0 Å². The smallest absolute Gasteiger partial charge is 0.338 e. The fourth-order valence-electron chi connectivity index (χ4n) is 1.63. The maximum atomic E-state index is 11.8. The molecular weight excluding hydrogens is 182 g/mol. The summed E-state index contributed by atoms with van der Waals surface area (Å²) in [4.78, 5) is 27.4. The van der Waals surface area contributed by atoms with Crippen LogP contribution in [0.2, 0.25) is 0 Å². The summed E-state index contributed by atoms with van der Waals surface area (Å²) in [6, 6.07) is 0. The fraction of sp³-hybridized carbons (Fsp3) is 0.800. The Kier molecular flexibility index (Phi) is 5.38. The van der Waals surface area contributed by atoms with Gasteiger partial charge in [-0.15, -0.1) is 0 Å². The zero-order valence-corrected chi connectivity index (χ0v) is 9.13. The van der Waals surface area contributed by atoms with E-state index in [1.165, 1.54) is 0 Å². The van der Waals surface area contributed by atoms with Gasteiger partial charge in [-0.05, 0) is 19.3 Å². The normalized spacial score (nSPS) is 11.1. The molecule has 0 saturated carbocycles. The van der Waals surface area contributed by atoms with Crippen LogP contribution >= 0.6 is 0 Å². The molecule has 0 rings (SSSR count). The summed E-state index contributed by atoms with van der Waals surface area (Å²) in [7, 11) is 0. The molecule has 14 heavy (non-hydrogen) atoms. The van der Waals surface area contributed by atoms with Gasteiger partial charge in [-0.3, -0.25) is 4.79 Å². The second kappa shape index (κ2) is 5.75. The number of nitrogens with two attached hydrogens (primary N) is 1. The molecule has 0 unspecified atom stereocenters. The molecule has 0 aromatic carbocycles. The van der Waals surface area contributed by atoms with E-state index in [1.807, 2.05) is 6.92 Å². The van der Waals surface area contributed by atoms with Gasteiger partial charge in [-0.2, -0.15) is 5.90 Å². The van der Waals surface area contributed by atoms with Crippen LogP contribution in [-0.2, 0) is 14.4 Å². The Morgan fingerprint density at radius 3 is 2.00 bits per heavy atom. The molecule has 0 aromatic heterocycles. The van der Waals surface area contributed by atoms with Crippen molar-refractivity contribution in [2.75, 3.05) is 0 Å². The Morgan fingerprint density at radius 2 is 1.71 bits per heavy atom. The van der Waals surface area contributed by atoms with Gasteiger partial charge in [0, 0.05) is 6.42 Å². The van der Waals surface area contributed by atoms with Gasteiger partial charge in [0.2, 0.25) is 0 Å². The minimum Gasteiger partial charge on any atom is -0.373 e. The number of ketones is 1. The Morgan fingerprint density at radius 1 is 1.21 bits per heavy atom. The Labute approximate surface area is 84.8 Å². The number of Topliss-reactive ketones (excluding diaryl/α,β-unsaturated/α-hetero) is 1. The summed E-state index contributed by atoms with van der Waals surface area (Å²) < 4.78 is 0. The van der Waals surface area contributed by atoms with Crippen molar-refractivity contribution in [1.82, 2.24) is 0 Å². The summed E-state index contributed by atoms with van der Waals surface area (Å²) in [5.74, 6) is 4.16. The molecule has 0 saturated heterocycles. The Bertz CT molecular complexity index is 209. The first kappa shape index (κ1) is 13.1. The third-order valence-electron chi connectivity index (χ3n) is 2.72. The number of carbonyl (C=O) groups is 2. The van der Waals surface area contributed by atoms with Crippen molar-refractivity contribution in [3.63, 3.8) is 0 Å². The first-order valence-corrected chi connectivity index (χ1v) is 5.03.